The summed E-state index contributed by atoms with van der Waals surface area (Å²) in [6, 6.07) is 5.66. The molecule has 1 heterocycles. The lowest BCUT2D eigenvalue weighted by molar-refractivity contribution is -0.116. The van der Waals surface area contributed by atoms with Crippen LogP contribution in [0.1, 0.15) is 5.56 Å². The molecule has 0 unspecified atom stereocenters. The minimum atomic E-state index is -0.00711. The number of fused-ring (bicyclic) bond motifs is 1. The first-order valence-electron chi connectivity index (χ1n) is 3.89. The van der Waals surface area contributed by atoms with Gasteiger partial charge in [0.25, 0.3) is 0 Å². The van der Waals surface area contributed by atoms with Gasteiger partial charge in [0, 0.05) is 10.0 Å². The van der Waals surface area contributed by atoms with Crippen LogP contribution in [-0.4, -0.2) is 12.4 Å². The molecule has 0 atom stereocenters. The highest BCUT2D eigenvalue weighted by atomic mass is 79.9. The van der Waals surface area contributed by atoms with Crippen LogP contribution in [0.15, 0.2) is 28.7 Å². The van der Waals surface area contributed by atoms with E-state index in [1.807, 2.05) is 18.2 Å². The molecule has 0 amide bonds. The summed E-state index contributed by atoms with van der Waals surface area (Å²) < 4.78 is 6.26. The van der Waals surface area contributed by atoms with Gasteiger partial charge >= 0.3 is 0 Å². The molecular weight excluding hydrogens is 232 g/mol. The second-order valence-electron chi connectivity index (χ2n) is 2.77. The molecule has 0 spiro atoms. The van der Waals surface area contributed by atoms with Crippen molar-refractivity contribution in [1.82, 2.24) is 0 Å². The average molecular weight is 239 g/mol. The third-order valence-electron chi connectivity index (χ3n) is 1.79. The van der Waals surface area contributed by atoms with Crippen LogP contribution in [0.4, 0.5) is 0 Å². The van der Waals surface area contributed by atoms with E-state index >= 15 is 0 Å². The largest absolute Gasteiger partial charge is 0.485 e. The van der Waals surface area contributed by atoms with Gasteiger partial charge in [0.05, 0.1) is 0 Å². The van der Waals surface area contributed by atoms with Gasteiger partial charge in [-0.05, 0) is 30.4 Å². The van der Waals surface area contributed by atoms with Gasteiger partial charge in [-0.3, -0.25) is 4.79 Å². The van der Waals surface area contributed by atoms with Crippen LogP contribution in [0.25, 0.3) is 6.08 Å². The van der Waals surface area contributed by atoms with Crippen LogP contribution in [0.5, 0.6) is 5.75 Å². The molecule has 0 N–H and O–H groups in total. The van der Waals surface area contributed by atoms with Crippen LogP contribution < -0.4 is 4.74 Å². The van der Waals surface area contributed by atoms with Crippen molar-refractivity contribution < 1.29 is 9.53 Å². The lowest BCUT2D eigenvalue weighted by Gasteiger charge is -2.04. The van der Waals surface area contributed by atoms with Crippen molar-refractivity contribution in [2.75, 3.05) is 6.61 Å². The zero-order valence-corrected chi connectivity index (χ0v) is 8.37. The summed E-state index contributed by atoms with van der Waals surface area (Å²) in [7, 11) is 0. The van der Waals surface area contributed by atoms with Crippen molar-refractivity contribution in [2.45, 2.75) is 0 Å². The minimum absolute atomic E-state index is 0.00711. The van der Waals surface area contributed by atoms with Crippen molar-refractivity contribution in [3.05, 3.63) is 34.3 Å². The molecule has 3 heteroatoms. The Kier molecular flexibility index (Phi) is 2.19. The first-order chi connectivity index (χ1) is 6.25. The predicted octanol–water partition coefficient (Wildman–Crippen LogP) is 2.42. The molecule has 2 rings (SSSR count). The molecular formula is C10H7BrO2. The highest BCUT2D eigenvalue weighted by Crippen LogP contribution is 2.25. The molecule has 0 aromatic heterocycles. The zero-order chi connectivity index (χ0) is 9.26. The van der Waals surface area contributed by atoms with Crippen molar-refractivity contribution in [3.8, 4) is 5.75 Å². The summed E-state index contributed by atoms with van der Waals surface area (Å²) in [6.07, 6.45) is 3.31. The van der Waals surface area contributed by atoms with Gasteiger partial charge in [-0.2, -0.15) is 0 Å². The Morgan fingerprint density at radius 3 is 3.00 bits per heavy atom. The van der Waals surface area contributed by atoms with E-state index in [1.54, 1.807) is 6.08 Å². The Labute approximate surface area is 84.3 Å². The van der Waals surface area contributed by atoms with E-state index in [1.165, 1.54) is 6.08 Å². The maximum atomic E-state index is 11.0. The smallest absolute Gasteiger partial charge is 0.193 e. The van der Waals surface area contributed by atoms with Crippen LogP contribution in [-0.2, 0) is 4.79 Å². The van der Waals surface area contributed by atoms with Crippen LogP contribution in [0, 0.1) is 0 Å². The van der Waals surface area contributed by atoms with Crippen molar-refractivity contribution in [1.29, 1.82) is 0 Å². The fourth-order valence-corrected chi connectivity index (χ4v) is 1.54. The molecule has 0 bridgehead atoms. The number of hydrogen-bond donors (Lipinski definition) is 0. The number of halogens is 1. The fourth-order valence-electron chi connectivity index (χ4n) is 1.16. The van der Waals surface area contributed by atoms with Gasteiger partial charge in [0.2, 0.25) is 0 Å². The number of carbonyl (C=O) groups excluding carboxylic acids is 1. The first-order valence-corrected chi connectivity index (χ1v) is 4.68. The Bertz CT molecular complexity index is 383. The fraction of sp³-hybridized carbons (Fsp3) is 0.100. The van der Waals surface area contributed by atoms with Gasteiger partial charge in [0.15, 0.2) is 12.4 Å². The minimum Gasteiger partial charge on any atom is -0.485 e. The number of hydrogen-bond acceptors (Lipinski definition) is 2. The number of rotatable bonds is 0. The van der Waals surface area contributed by atoms with E-state index in [0.717, 1.165) is 15.8 Å². The van der Waals surface area contributed by atoms with Gasteiger partial charge in [-0.1, -0.05) is 15.9 Å². The molecule has 0 saturated carbocycles. The second-order valence-corrected chi connectivity index (χ2v) is 3.69. The van der Waals surface area contributed by atoms with E-state index in [4.69, 9.17) is 4.74 Å². The lowest BCUT2D eigenvalue weighted by atomic mass is 10.2. The third kappa shape index (κ3) is 1.80. The molecule has 1 aliphatic heterocycles. The second kappa shape index (κ2) is 3.34. The van der Waals surface area contributed by atoms with E-state index in [2.05, 4.69) is 15.9 Å². The molecule has 66 valence electrons. The SMILES string of the molecule is O=C1C=Cc2cc(Br)ccc2OC1. The highest BCUT2D eigenvalue weighted by Gasteiger charge is 2.08. The van der Waals surface area contributed by atoms with Crippen LogP contribution >= 0.6 is 15.9 Å². The summed E-state index contributed by atoms with van der Waals surface area (Å²) in [5.41, 5.74) is 0.931. The number of benzene rings is 1. The summed E-state index contributed by atoms with van der Waals surface area (Å²) in [4.78, 5) is 11.0. The van der Waals surface area contributed by atoms with Crippen molar-refractivity contribution in [3.63, 3.8) is 0 Å². The quantitative estimate of drug-likeness (QED) is 0.694. The first kappa shape index (κ1) is 8.51. The van der Waals surface area contributed by atoms with E-state index < -0.39 is 0 Å². The van der Waals surface area contributed by atoms with Crippen molar-refractivity contribution in [2.24, 2.45) is 0 Å². The lowest BCUT2D eigenvalue weighted by Crippen LogP contribution is -2.06. The molecule has 1 aromatic rings. The average Bonchev–Trinajstić information content (AvgIpc) is 2.29. The molecule has 0 aliphatic carbocycles. The van der Waals surface area contributed by atoms with Gasteiger partial charge in [0.1, 0.15) is 5.75 Å². The summed E-state index contributed by atoms with van der Waals surface area (Å²) in [5, 5.41) is 0. The summed E-state index contributed by atoms with van der Waals surface area (Å²) in [6.45, 7) is 0.130. The van der Waals surface area contributed by atoms with E-state index in [9.17, 15) is 4.79 Å². The molecule has 0 saturated heterocycles. The summed E-state index contributed by atoms with van der Waals surface area (Å²) >= 11 is 3.36. The highest BCUT2D eigenvalue weighted by molar-refractivity contribution is 9.10. The normalized spacial score (nSPS) is 14.7. The van der Waals surface area contributed by atoms with Crippen LogP contribution in [0.2, 0.25) is 0 Å². The maximum Gasteiger partial charge on any atom is 0.193 e. The Morgan fingerprint density at radius 2 is 2.15 bits per heavy atom. The number of ketones is 1. The predicted molar refractivity (Wildman–Crippen MR) is 53.7 cm³/mol. The molecule has 13 heavy (non-hydrogen) atoms. The molecule has 0 radical (unpaired) electrons. The number of carbonyl (C=O) groups is 1. The Balaban J connectivity index is 2.47. The van der Waals surface area contributed by atoms with E-state index in [0.29, 0.717) is 0 Å². The third-order valence-corrected chi connectivity index (χ3v) is 2.28. The Hall–Kier alpha value is -1.09. The van der Waals surface area contributed by atoms with Crippen LogP contribution in [0.3, 0.4) is 0 Å². The van der Waals surface area contributed by atoms with Gasteiger partial charge in [-0.15, -0.1) is 0 Å². The monoisotopic (exact) mass is 238 g/mol. The van der Waals surface area contributed by atoms with Crippen molar-refractivity contribution >= 4 is 27.8 Å². The zero-order valence-electron chi connectivity index (χ0n) is 6.79. The molecule has 0 fully saturated rings. The molecule has 2 nitrogen and oxygen atoms in total. The van der Waals surface area contributed by atoms with E-state index in [-0.39, 0.29) is 12.4 Å². The molecule has 1 aliphatic rings. The van der Waals surface area contributed by atoms with Gasteiger partial charge in [-0.25, -0.2) is 0 Å². The number of ether oxygens (including phenoxy) is 1. The summed E-state index contributed by atoms with van der Waals surface area (Å²) in [5.74, 6) is 0.748. The Morgan fingerprint density at radius 1 is 1.31 bits per heavy atom. The van der Waals surface area contributed by atoms with Gasteiger partial charge < -0.3 is 4.74 Å². The molecule has 1 aromatic carbocycles. The topological polar surface area (TPSA) is 26.3 Å². The maximum absolute atomic E-state index is 11.0. The standard InChI is InChI=1S/C10H7BrO2/c11-8-2-4-10-7(5-8)1-3-9(12)6-13-10/h1-5H,6H2.